The lowest BCUT2D eigenvalue weighted by molar-refractivity contribution is -0.122. The third-order valence-electron chi connectivity index (χ3n) is 9.53. The number of anilines is 2. The van der Waals surface area contributed by atoms with Crippen LogP contribution in [0.2, 0.25) is 0 Å². The Kier molecular flexibility index (Phi) is 8.41. The summed E-state index contributed by atoms with van der Waals surface area (Å²) in [6.07, 6.45) is 7.37. The van der Waals surface area contributed by atoms with Crippen LogP contribution in [0.15, 0.2) is 116 Å². The number of aryl methyl sites for hydroxylation is 2. The van der Waals surface area contributed by atoms with Crippen LogP contribution in [0.25, 0.3) is 22.3 Å². The smallest absolute Gasteiger partial charge is 0.251 e. The zero-order chi connectivity index (χ0) is 35.2. The first-order chi connectivity index (χ1) is 24.0. The Hall–Kier alpha value is -5.87. The average Bonchev–Trinajstić information content (AvgIpc) is 3.86. The molecule has 0 bridgehead atoms. The van der Waals surface area contributed by atoms with Crippen molar-refractivity contribution in [3.8, 4) is 22.3 Å². The van der Waals surface area contributed by atoms with Gasteiger partial charge in [-0.15, -0.1) is 0 Å². The summed E-state index contributed by atoms with van der Waals surface area (Å²) in [5.74, 6) is -0.554. The third kappa shape index (κ3) is 5.98. The zero-order valence-electron chi connectivity index (χ0n) is 28.4. The van der Waals surface area contributed by atoms with Gasteiger partial charge >= 0.3 is 0 Å². The monoisotopic (exact) mass is 667 g/mol. The first kappa shape index (κ1) is 32.7. The SMILES string of the molecule is CC1C(=O)N(Cc2ccc(-c3cnn(C)c3)cc2F)c2ccccc21.Cn1cc(-c2ccc(CN3C(=O)C(C)(N)c4ccccc43)cc2)cn1. The van der Waals surface area contributed by atoms with Crippen LogP contribution in [0.3, 0.4) is 0 Å². The second-order valence-corrected chi connectivity index (χ2v) is 13.1. The van der Waals surface area contributed by atoms with E-state index in [2.05, 4.69) is 22.3 Å². The van der Waals surface area contributed by atoms with E-state index >= 15 is 0 Å². The molecule has 2 unspecified atom stereocenters. The molecule has 2 atom stereocenters. The normalized spacial score (nSPS) is 17.8. The van der Waals surface area contributed by atoms with E-state index in [0.29, 0.717) is 12.1 Å². The molecule has 2 amide bonds. The first-order valence-electron chi connectivity index (χ1n) is 16.5. The van der Waals surface area contributed by atoms with E-state index in [4.69, 9.17) is 5.73 Å². The number of hydrogen-bond acceptors (Lipinski definition) is 5. The number of amides is 2. The van der Waals surface area contributed by atoms with E-state index in [1.165, 1.54) is 6.07 Å². The summed E-state index contributed by atoms with van der Waals surface area (Å²) in [7, 11) is 3.73. The van der Waals surface area contributed by atoms with Crippen molar-refractivity contribution >= 4 is 23.2 Å². The highest BCUT2D eigenvalue weighted by Gasteiger charge is 2.44. The van der Waals surface area contributed by atoms with Gasteiger partial charge < -0.3 is 15.5 Å². The molecule has 50 heavy (non-hydrogen) atoms. The van der Waals surface area contributed by atoms with E-state index in [1.807, 2.05) is 106 Å². The maximum Gasteiger partial charge on any atom is 0.251 e. The summed E-state index contributed by atoms with van der Waals surface area (Å²) in [6, 6.07) is 28.8. The summed E-state index contributed by atoms with van der Waals surface area (Å²) in [5.41, 5.74) is 14.3. The minimum atomic E-state index is -0.966. The summed E-state index contributed by atoms with van der Waals surface area (Å²) in [6.45, 7) is 4.41. The van der Waals surface area contributed by atoms with Gasteiger partial charge in [0.1, 0.15) is 11.4 Å². The maximum absolute atomic E-state index is 14.6. The fourth-order valence-corrected chi connectivity index (χ4v) is 6.71. The molecule has 2 aliphatic heterocycles. The molecular weight excluding hydrogens is 629 g/mol. The van der Waals surface area contributed by atoms with Crippen LogP contribution in [0, 0.1) is 5.82 Å². The Labute approximate surface area is 290 Å². The van der Waals surface area contributed by atoms with Gasteiger partial charge in [-0.25, -0.2) is 4.39 Å². The number of aromatic nitrogens is 4. The van der Waals surface area contributed by atoms with Crippen LogP contribution in [0.1, 0.15) is 42.0 Å². The Balaban J connectivity index is 0.000000157. The largest absolute Gasteiger partial charge is 0.314 e. The van der Waals surface area contributed by atoms with E-state index in [1.54, 1.807) is 38.4 Å². The molecule has 0 spiro atoms. The number of hydrogen-bond donors (Lipinski definition) is 1. The van der Waals surface area contributed by atoms with Crippen LogP contribution in [0.5, 0.6) is 0 Å². The van der Waals surface area contributed by atoms with Crippen LogP contribution < -0.4 is 15.5 Å². The summed E-state index contributed by atoms with van der Waals surface area (Å²) < 4.78 is 18.1. The molecule has 2 aromatic heterocycles. The van der Waals surface area contributed by atoms with Gasteiger partial charge in [-0.2, -0.15) is 10.2 Å². The number of benzene rings is 4. The fraction of sp³-hybridized carbons (Fsp3) is 0.200. The van der Waals surface area contributed by atoms with E-state index in [0.717, 1.165) is 50.3 Å². The minimum Gasteiger partial charge on any atom is -0.314 e. The van der Waals surface area contributed by atoms with Crippen LogP contribution in [-0.2, 0) is 42.3 Å². The molecule has 4 heterocycles. The molecular formula is C40H38FN7O2. The van der Waals surface area contributed by atoms with Gasteiger partial charge in [0.25, 0.3) is 5.91 Å². The molecule has 8 rings (SSSR count). The number of carbonyl (C=O) groups excluding carboxylic acids is 2. The van der Waals surface area contributed by atoms with E-state index in [-0.39, 0.29) is 30.1 Å². The number of rotatable bonds is 6. The average molecular weight is 668 g/mol. The van der Waals surface area contributed by atoms with Crippen molar-refractivity contribution in [1.29, 1.82) is 0 Å². The Bertz CT molecular complexity index is 2220. The molecule has 2 aliphatic rings. The summed E-state index contributed by atoms with van der Waals surface area (Å²) in [5, 5.41) is 8.31. The van der Waals surface area contributed by atoms with Crippen LogP contribution >= 0.6 is 0 Å². The van der Waals surface area contributed by atoms with Gasteiger partial charge in [-0.1, -0.05) is 72.8 Å². The van der Waals surface area contributed by atoms with Gasteiger partial charge in [0, 0.05) is 60.1 Å². The van der Waals surface area contributed by atoms with Crippen molar-refractivity contribution in [2.75, 3.05) is 9.80 Å². The van der Waals surface area contributed by atoms with Crippen LogP contribution in [-0.4, -0.2) is 31.4 Å². The lowest BCUT2D eigenvalue weighted by Gasteiger charge is -2.20. The molecule has 0 fully saturated rings. The summed E-state index contributed by atoms with van der Waals surface area (Å²) in [4.78, 5) is 28.8. The topological polar surface area (TPSA) is 102 Å². The van der Waals surface area contributed by atoms with Gasteiger partial charge in [-0.05, 0) is 54.3 Å². The van der Waals surface area contributed by atoms with E-state index < -0.39 is 5.54 Å². The zero-order valence-corrected chi connectivity index (χ0v) is 28.4. The van der Waals surface area contributed by atoms with Gasteiger partial charge in [-0.3, -0.25) is 19.0 Å². The van der Waals surface area contributed by atoms with E-state index in [9.17, 15) is 14.0 Å². The standard InChI is InChI=1S/C20H18FN3O.C20H20N4O/c1-13-17-5-3-4-6-19(17)24(20(13)25)12-15-8-7-14(9-18(15)21)16-10-22-23(2)11-16;1-20(21)17-5-3-4-6-18(17)24(19(20)25)12-14-7-9-15(10-8-14)16-11-22-23(2)13-16/h3-11,13H,12H2,1-2H3;3-11,13H,12,21H2,1-2H3. The lowest BCUT2D eigenvalue weighted by Crippen LogP contribution is -2.44. The van der Waals surface area contributed by atoms with Crippen molar-refractivity contribution in [3.63, 3.8) is 0 Å². The summed E-state index contributed by atoms with van der Waals surface area (Å²) >= 11 is 0. The Morgan fingerprint density at radius 1 is 0.740 bits per heavy atom. The Morgan fingerprint density at radius 2 is 1.34 bits per heavy atom. The van der Waals surface area contributed by atoms with Crippen molar-refractivity contribution in [1.82, 2.24) is 19.6 Å². The predicted octanol–water partition coefficient (Wildman–Crippen LogP) is 6.68. The molecule has 10 heteroatoms. The number of halogens is 1. The highest BCUT2D eigenvalue weighted by molar-refractivity contribution is 6.07. The highest BCUT2D eigenvalue weighted by Crippen LogP contribution is 2.40. The molecule has 0 aliphatic carbocycles. The lowest BCUT2D eigenvalue weighted by atomic mass is 9.95. The molecule has 0 radical (unpaired) electrons. The highest BCUT2D eigenvalue weighted by atomic mass is 19.1. The number of nitrogens with two attached hydrogens (primary N) is 1. The number of para-hydroxylation sites is 2. The predicted molar refractivity (Wildman–Crippen MR) is 192 cm³/mol. The molecule has 6 aromatic rings. The number of nitrogens with zero attached hydrogens (tertiary/aromatic N) is 6. The number of fused-ring (bicyclic) bond motifs is 2. The third-order valence-corrected chi connectivity index (χ3v) is 9.53. The molecule has 4 aromatic carbocycles. The van der Waals surface area contributed by atoms with Crippen LogP contribution in [0.4, 0.5) is 15.8 Å². The van der Waals surface area contributed by atoms with Gasteiger partial charge in [0.05, 0.1) is 31.4 Å². The van der Waals surface area contributed by atoms with Gasteiger partial charge in [0.15, 0.2) is 0 Å². The Morgan fingerprint density at radius 3 is 1.98 bits per heavy atom. The fourth-order valence-electron chi connectivity index (χ4n) is 6.71. The molecule has 252 valence electrons. The molecule has 9 nitrogen and oxygen atoms in total. The van der Waals surface area contributed by atoms with Crippen molar-refractivity contribution in [2.24, 2.45) is 19.8 Å². The molecule has 0 saturated carbocycles. The number of carbonyl (C=O) groups is 2. The first-order valence-corrected chi connectivity index (χ1v) is 16.5. The van der Waals surface area contributed by atoms with Crippen molar-refractivity contribution in [2.45, 2.75) is 38.4 Å². The maximum atomic E-state index is 14.6. The molecule has 0 saturated heterocycles. The van der Waals surface area contributed by atoms with Crippen molar-refractivity contribution in [3.05, 3.63) is 144 Å². The van der Waals surface area contributed by atoms with Gasteiger partial charge in [0.2, 0.25) is 5.91 Å². The second kappa shape index (κ2) is 12.9. The quantitative estimate of drug-likeness (QED) is 0.214. The molecule has 2 N–H and O–H groups in total. The van der Waals surface area contributed by atoms with Crippen molar-refractivity contribution < 1.29 is 14.0 Å². The minimum absolute atomic E-state index is 0.0111. The second-order valence-electron chi connectivity index (χ2n) is 13.1.